The van der Waals surface area contributed by atoms with Crippen LogP contribution in [-0.2, 0) is 0 Å². The van der Waals surface area contributed by atoms with Gasteiger partial charge in [-0.1, -0.05) is 58.5 Å². The maximum Gasteiger partial charge on any atom is 0.0299 e. The van der Waals surface area contributed by atoms with E-state index in [9.17, 15) is 0 Å². The van der Waals surface area contributed by atoms with Crippen LogP contribution < -0.4 is 0 Å². The van der Waals surface area contributed by atoms with Crippen molar-refractivity contribution in [1.82, 2.24) is 0 Å². The zero-order valence-corrected chi connectivity index (χ0v) is 11.1. The van der Waals surface area contributed by atoms with Gasteiger partial charge >= 0.3 is 0 Å². The first-order valence-electron chi connectivity index (χ1n) is 4.97. The minimum absolute atomic E-state index is 0.696. The maximum absolute atomic E-state index is 3.79. The van der Waals surface area contributed by atoms with E-state index in [4.69, 9.17) is 0 Å². The highest BCUT2D eigenvalue weighted by Crippen LogP contribution is 2.40. The number of hydrogen-bond donors (Lipinski definition) is 0. The van der Waals surface area contributed by atoms with Gasteiger partial charge < -0.3 is 0 Å². The van der Waals surface area contributed by atoms with Gasteiger partial charge in [0.15, 0.2) is 0 Å². The fourth-order valence-corrected chi connectivity index (χ4v) is 3.89. The molecule has 0 amide bonds. The van der Waals surface area contributed by atoms with E-state index in [2.05, 4.69) is 45.7 Å². The molecule has 1 aliphatic carbocycles. The van der Waals surface area contributed by atoms with E-state index in [1.165, 1.54) is 25.7 Å². The molecule has 0 aromatic rings. The third-order valence-corrected chi connectivity index (χ3v) is 6.13. The molecule has 1 saturated carbocycles. The molecule has 0 spiro atoms. The molecule has 72 valence electrons. The maximum atomic E-state index is 3.79. The van der Waals surface area contributed by atoms with Crippen LogP contribution in [0.1, 0.15) is 39.5 Å². The highest BCUT2D eigenvalue weighted by molar-refractivity contribution is 9.12. The molecule has 4 atom stereocenters. The second kappa shape index (κ2) is 4.99. The summed E-state index contributed by atoms with van der Waals surface area (Å²) in [6, 6.07) is 0. The molecule has 0 bridgehead atoms. The van der Waals surface area contributed by atoms with Crippen molar-refractivity contribution in [3.8, 4) is 0 Å². The predicted octanol–water partition coefficient (Wildman–Crippen LogP) is 4.36. The minimum Gasteiger partial charge on any atom is -0.0878 e. The lowest BCUT2D eigenvalue weighted by Crippen LogP contribution is -2.33. The molecule has 0 heterocycles. The summed E-state index contributed by atoms with van der Waals surface area (Å²) in [4.78, 5) is 1.39. The van der Waals surface area contributed by atoms with E-state index in [-0.39, 0.29) is 0 Å². The predicted molar refractivity (Wildman–Crippen MR) is 62.2 cm³/mol. The summed E-state index contributed by atoms with van der Waals surface area (Å²) in [7, 11) is 0. The fourth-order valence-electron chi connectivity index (χ4n) is 2.12. The Hall–Kier alpha value is 0.960. The average Bonchev–Trinajstić information content (AvgIpc) is 2.09. The van der Waals surface area contributed by atoms with Gasteiger partial charge in [-0.25, -0.2) is 0 Å². The van der Waals surface area contributed by atoms with Crippen molar-refractivity contribution in [2.45, 2.75) is 49.2 Å². The van der Waals surface area contributed by atoms with Gasteiger partial charge in [-0.05, 0) is 24.7 Å². The lowest BCUT2D eigenvalue weighted by atomic mass is 9.79. The highest BCUT2D eigenvalue weighted by Gasteiger charge is 2.32. The summed E-state index contributed by atoms with van der Waals surface area (Å²) in [6.45, 7) is 4.61. The summed E-state index contributed by atoms with van der Waals surface area (Å²) >= 11 is 7.56. The van der Waals surface area contributed by atoms with E-state index >= 15 is 0 Å². The van der Waals surface area contributed by atoms with E-state index in [1.807, 2.05) is 0 Å². The van der Waals surface area contributed by atoms with E-state index in [0.717, 1.165) is 11.8 Å². The van der Waals surface area contributed by atoms with Gasteiger partial charge in [-0.2, -0.15) is 0 Å². The van der Waals surface area contributed by atoms with Crippen LogP contribution >= 0.6 is 31.9 Å². The van der Waals surface area contributed by atoms with Crippen LogP contribution in [0.3, 0.4) is 0 Å². The smallest absolute Gasteiger partial charge is 0.0299 e. The lowest BCUT2D eigenvalue weighted by molar-refractivity contribution is 0.275. The van der Waals surface area contributed by atoms with Crippen LogP contribution in [-0.4, -0.2) is 9.65 Å². The molecule has 0 aromatic carbocycles. The molecule has 2 heteroatoms. The second-order valence-electron chi connectivity index (χ2n) is 3.87. The zero-order chi connectivity index (χ0) is 9.14. The van der Waals surface area contributed by atoms with Gasteiger partial charge in [0.25, 0.3) is 0 Å². The van der Waals surface area contributed by atoms with Crippen molar-refractivity contribution >= 4 is 31.9 Å². The van der Waals surface area contributed by atoms with Crippen LogP contribution in [0.4, 0.5) is 0 Å². The Balaban J connectivity index is 2.52. The summed E-state index contributed by atoms with van der Waals surface area (Å²) in [5.74, 6) is 1.83. The van der Waals surface area contributed by atoms with Crippen molar-refractivity contribution in [3.05, 3.63) is 0 Å². The van der Waals surface area contributed by atoms with Gasteiger partial charge in [-0.3, -0.25) is 0 Å². The van der Waals surface area contributed by atoms with Crippen molar-refractivity contribution in [2.24, 2.45) is 11.8 Å². The first kappa shape index (κ1) is 11.0. The number of alkyl halides is 2. The zero-order valence-electron chi connectivity index (χ0n) is 7.89. The summed E-state index contributed by atoms with van der Waals surface area (Å²) in [5, 5.41) is 0. The first-order valence-corrected chi connectivity index (χ1v) is 6.80. The molecule has 0 N–H and O–H groups in total. The molecule has 1 rings (SSSR count). The molecule has 1 aliphatic rings. The standard InChI is InChI=1S/C10H18Br2/c1-3-7-5-8(4-2)10(12)9(11)6-7/h7-10H,3-6H2,1-2H3. The Morgan fingerprint density at radius 1 is 1.08 bits per heavy atom. The molecular formula is C10H18Br2. The Morgan fingerprint density at radius 2 is 1.75 bits per heavy atom. The van der Waals surface area contributed by atoms with Gasteiger partial charge in [0, 0.05) is 9.65 Å². The topological polar surface area (TPSA) is 0 Å². The fraction of sp³-hybridized carbons (Fsp3) is 1.00. The SMILES string of the molecule is CCC1CC(Br)C(Br)C(CC)C1. The summed E-state index contributed by atoms with van der Waals surface area (Å²) < 4.78 is 0. The molecule has 0 nitrogen and oxygen atoms in total. The van der Waals surface area contributed by atoms with Crippen molar-refractivity contribution in [1.29, 1.82) is 0 Å². The van der Waals surface area contributed by atoms with Crippen LogP contribution in [0.25, 0.3) is 0 Å². The molecule has 0 aromatic heterocycles. The molecule has 0 radical (unpaired) electrons. The minimum atomic E-state index is 0.696. The monoisotopic (exact) mass is 296 g/mol. The molecular weight excluding hydrogens is 280 g/mol. The lowest BCUT2D eigenvalue weighted by Gasteiger charge is -2.36. The van der Waals surface area contributed by atoms with E-state index in [1.54, 1.807) is 0 Å². The molecule has 0 aliphatic heterocycles. The third kappa shape index (κ3) is 2.47. The Kier molecular flexibility index (Phi) is 4.59. The van der Waals surface area contributed by atoms with Gasteiger partial charge in [-0.15, -0.1) is 0 Å². The summed E-state index contributed by atoms with van der Waals surface area (Å²) in [5.41, 5.74) is 0. The summed E-state index contributed by atoms with van der Waals surface area (Å²) in [6.07, 6.45) is 5.43. The highest BCUT2D eigenvalue weighted by atomic mass is 79.9. The van der Waals surface area contributed by atoms with E-state index in [0.29, 0.717) is 9.65 Å². The van der Waals surface area contributed by atoms with E-state index < -0.39 is 0 Å². The Bertz CT molecular complexity index is 136. The molecule has 0 saturated heterocycles. The van der Waals surface area contributed by atoms with Gasteiger partial charge in [0.2, 0.25) is 0 Å². The second-order valence-corrected chi connectivity index (χ2v) is 6.11. The van der Waals surface area contributed by atoms with Crippen LogP contribution in [0, 0.1) is 11.8 Å². The third-order valence-electron chi connectivity index (χ3n) is 3.09. The Labute approximate surface area is 92.8 Å². The van der Waals surface area contributed by atoms with Crippen molar-refractivity contribution in [2.75, 3.05) is 0 Å². The first-order chi connectivity index (χ1) is 5.69. The average molecular weight is 298 g/mol. The van der Waals surface area contributed by atoms with Gasteiger partial charge in [0.05, 0.1) is 0 Å². The van der Waals surface area contributed by atoms with Crippen molar-refractivity contribution in [3.63, 3.8) is 0 Å². The number of hydrogen-bond acceptors (Lipinski definition) is 0. The van der Waals surface area contributed by atoms with Crippen LogP contribution in [0.2, 0.25) is 0 Å². The Morgan fingerprint density at radius 3 is 2.25 bits per heavy atom. The largest absolute Gasteiger partial charge is 0.0878 e. The van der Waals surface area contributed by atoms with Crippen LogP contribution in [0.15, 0.2) is 0 Å². The van der Waals surface area contributed by atoms with Gasteiger partial charge in [0.1, 0.15) is 0 Å². The normalized spacial score (nSPS) is 43.0. The molecule has 1 fully saturated rings. The molecule has 12 heavy (non-hydrogen) atoms. The number of rotatable bonds is 2. The van der Waals surface area contributed by atoms with Crippen LogP contribution in [0.5, 0.6) is 0 Å². The molecule has 4 unspecified atom stereocenters. The number of halogens is 2. The quantitative estimate of drug-likeness (QED) is 0.664. The van der Waals surface area contributed by atoms with Crippen molar-refractivity contribution < 1.29 is 0 Å².